The molecule has 1 aliphatic rings. The van der Waals surface area contributed by atoms with Crippen LogP contribution in [0.3, 0.4) is 0 Å². The predicted molar refractivity (Wildman–Crippen MR) is 79.8 cm³/mol. The summed E-state index contributed by atoms with van der Waals surface area (Å²) in [6.07, 6.45) is 3.78. The van der Waals surface area contributed by atoms with Crippen molar-refractivity contribution in [2.75, 3.05) is 4.90 Å². The quantitative estimate of drug-likeness (QED) is 0.822. The second-order valence-corrected chi connectivity index (χ2v) is 5.60. The van der Waals surface area contributed by atoms with E-state index >= 15 is 0 Å². The number of aromatic carboxylic acids is 1. The predicted octanol–water partition coefficient (Wildman–Crippen LogP) is 3.03. The van der Waals surface area contributed by atoms with E-state index in [-0.39, 0.29) is 16.1 Å². The highest BCUT2D eigenvalue weighted by Crippen LogP contribution is 2.26. The Hall–Kier alpha value is -1.59. The van der Waals surface area contributed by atoms with Crippen LogP contribution in [0.4, 0.5) is 5.69 Å². The van der Waals surface area contributed by atoms with Crippen molar-refractivity contribution >= 4 is 40.6 Å². The molecule has 1 aromatic carbocycles. The van der Waals surface area contributed by atoms with Gasteiger partial charge in [0.05, 0.1) is 16.1 Å². The molecule has 0 bridgehead atoms. The second kappa shape index (κ2) is 4.83. The van der Waals surface area contributed by atoms with Crippen LogP contribution in [0.15, 0.2) is 30.5 Å². The molecule has 6 heteroatoms. The summed E-state index contributed by atoms with van der Waals surface area (Å²) >= 11 is 11.1. The van der Waals surface area contributed by atoms with Gasteiger partial charge in [-0.1, -0.05) is 11.6 Å². The molecule has 0 aromatic heterocycles. The largest absolute Gasteiger partial charge is 0.478 e. The molecule has 0 spiro atoms. The molecule has 0 fully saturated rings. The number of hydrogen-bond donors (Lipinski definition) is 2. The van der Waals surface area contributed by atoms with Gasteiger partial charge >= 0.3 is 5.97 Å². The van der Waals surface area contributed by atoms with E-state index < -0.39 is 5.97 Å². The van der Waals surface area contributed by atoms with Gasteiger partial charge in [0.25, 0.3) is 0 Å². The van der Waals surface area contributed by atoms with E-state index in [0.29, 0.717) is 10.8 Å². The first kappa shape index (κ1) is 13.8. The molecule has 0 radical (unpaired) electrons. The molecule has 0 saturated carbocycles. The van der Waals surface area contributed by atoms with E-state index in [9.17, 15) is 4.79 Å². The zero-order chi connectivity index (χ0) is 14.2. The average Bonchev–Trinajstić information content (AvgIpc) is 2.29. The van der Waals surface area contributed by atoms with Crippen molar-refractivity contribution in [3.63, 3.8) is 0 Å². The van der Waals surface area contributed by atoms with Gasteiger partial charge < -0.3 is 10.4 Å². The van der Waals surface area contributed by atoms with Crippen molar-refractivity contribution < 1.29 is 9.90 Å². The Balaban J connectivity index is 2.41. The minimum atomic E-state index is -1.06. The lowest BCUT2D eigenvalue weighted by atomic mass is 10.0. The van der Waals surface area contributed by atoms with E-state index in [1.807, 2.05) is 26.1 Å². The third-order valence-electron chi connectivity index (χ3n) is 2.75. The summed E-state index contributed by atoms with van der Waals surface area (Å²) in [5, 5.41) is 13.0. The first-order valence-corrected chi connectivity index (χ1v) is 6.42. The zero-order valence-electron chi connectivity index (χ0n) is 10.5. The number of rotatable bonds is 2. The van der Waals surface area contributed by atoms with Crippen molar-refractivity contribution in [3.8, 4) is 0 Å². The van der Waals surface area contributed by atoms with Crippen LogP contribution in [0.2, 0.25) is 5.02 Å². The van der Waals surface area contributed by atoms with Gasteiger partial charge in [-0.2, -0.15) is 0 Å². The number of carboxylic acids is 1. The molecule has 0 atom stereocenters. The number of thiocarbonyl (C=S) groups is 1. The van der Waals surface area contributed by atoms with Crippen LogP contribution in [-0.2, 0) is 0 Å². The third kappa shape index (κ3) is 2.88. The molecule has 1 aliphatic heterocycles. The van der Waals surface area contributed by atoms with Crippen LogP contribution in [0.5, 0.6) is 0 Å². The lowest BCUT2D eigenvalue weighted by molar-refractivity contribution is 0.0697. The maximum absolute atomic E-state index is 11.1. The minimum Gasteiger partial charge on any atom is -0.478 e. The van der Waals surface area contributed by atoms with Crippen molar-refractivity contribution in [2.45, 2.75) is 19.4 Å². The fraction of sp³-hybridized carbons (Fsp3) is 0.231. The Labute approximate surface area is 121 Å². The lowest BCUT2D eigenvalue weighted by Crippen LogP contribution is -2.51. The zero-order valence-corrected chi connectivity index (χ0v) is 12.0. The highest BCUT2D eigenvalue weighted by molar-refractivity contribution is 7.80. The van der Waals surface area contributed by atoms with E-state index in [0.717, 1.165) is 0 Å². The summed E-state index contributed by atoms with van der Waals surface area (Å²) in [7, 11) is 0. The summed E-state index contributed by atoms with van der Waals surface area (Å²) < 4.78 is 0. The summed E-state index contributed by atoms with van der Waals surface area (Å²) in [5.41, 5.74) is 0.501. The number of nitrogens with zero attached hydrogens (tertiary/aromatic N) is 1. The SMILES string of the molecule is CC1(C)C=CN(c2ccc(Cl)c(C(=O)O)c2)C(=S)N1. The highest BCUT2D eigenvalue weighted by atomic mass is 35.5. The first-order chi connectivity index (χ1) is 8.80. The summed E-state index contributed by atoms with van der Waals surface area (Å²) in [6, 6.07) is 4.78. The van der Waals surface area contributed by atoms with Crippen molar-refractivity contribution in [1.82, 2.24) is 5.32 Å². The van der Waals surface area contributed by atoms with Crippen LogP contribution in [-0.4, -0.2) is 21.7 Å². The van der Waals surface area contributed by atoms with Gasteiger partial charge in [-0.05, 0) is 50.3 Å². The van der Waals surface area contributed by atoms with Crippen LogP contribution < -0.4 is 10.2 Å². The minimum absolute atomic E-state index is 0.0557. The van der Waals surface area contributed by atoms with Gasteiger partial charge in [0.1, 0.15) is 0 Å². The molecule has 0 amide bonds. The summed E-state index contributed by atoms with van der Waals surface area (Å²) in [5.74, 6) is -1.06. The molecule has 2 N–H and O–H groups in total. The maximum atomic E-state index is 11.1. The highest BCUT2D eigenvalue weighted by Gasteiger charge is 2.24. The molecular formula is C13H13ClN2O2S. The van der Waals surface area contributed by atoms with Crippen LogP contribution in [0.25, 0.3) is 0 Å². The number of carboxylic acid groups (broad SMARTS) is 1. The van der Waals surface area contributed by atoms with Gasteiger partial charge in [-0.25, -0.2) is 4.79 Å². The van der Waals surface area contributed by atoms with Gasteiger partial charge in [0, 0.05) is 11.9 Å². The maximum Gasteiger partial charge on any atom is 0.337 e. The molecule has 19 heavy (non-hydrogen) atoms. The number of hydrogen-bond acceptors (Lipinski definition) is 2. The van der Waals surface area contributed by atoms with E-state index in [1.165, 1.54) is 6.07 Å². The van der Waals surface area contributed by atoms with Gasteiger partial charge in [-0.15, -0.1) is 0 Å². The van der Waals surface area contributed by atoms with Gasteiger partial charge in [-0.3, -0.25) is 4.90 Å². The fourth-order valence-corrected chi connectivity index (χ4v) is 2.36. The molecule has 1 aromatic rings. The van der Waals surface area contributed by atoms with Gasteiger partial charge in [0.2, 0.25) is 0 Å². The number of halogens is 1. The molecular weight excluding hydrogens is 284 g/mol. The van der Waals surface area contributed by atoms with Crippen LogP contribution in [0.1, 0.15) is 24.2 Å². The Kier molecular flexibility index (Phi) is 3.52. The Morgan fingerprint density at radius 2 is 2.16 bits per heavy atom. The molecule has 0 aliphatic carbocycles. The number of anilines is 1. The average molecular weight is 297 g/mol. The summed E-state index contributed by atoms with van der Waals surface area (Å²) in [4.78, 5) is 12.8. The topological polar surface area (TPSA) is 52.6 Å². The third-order valence-corrected chi connectivity index (χ3v) is 3.38. The molecule has 4 nitrogen and oxygen atoms in total. The first-order valence-electron chi connectivity index (χ1n) is 5.64. The molecule has 0 saturated heterocycles. The Bertz CT molecular complexity index is 584. The van der Waals surface area contributed by atoms with Crippen molar-refractivity contribution in [2.24, 2.45) is 0 Å². The number of nitrogens with one attached hydrogen (secondary N) is 1. The molecule has 0 unspecified atom stereocenters. The monoisotopic (exact) mass is 296 g/mol. The molecule has 1 heterocycles. The molecule has 2 rings (SSSR count). The van der Waals surface area contributed by atoms with Crippen molar-refractivity contribution in [1.29, 1.82) is 0 Å². The van der Waals surface area contributed by atoms with Gasteiger partial charge in [0.15, 0.2) is 5.11 Å². The fourth-order valence-electron chi connectivity index (χ4n) is 1.74. The summed E-state index contributed by atoms with van der Waals surface area (Å²) in [6.45, 7) is 4.00. The normalized spacial score (nSPS) is 17.2. The Morgan fingerprint density at radius 3 is 2.74 bits per heavy atom. The number of carbonyl (C=O) groups is 1. The van der Waals surface area contributed by atoms with Crippen LogP contribution in [0, 0.1) is 0 Å². The standard InChI is InChI=1S/C13H13ClN2O2S/c1-13(2)5-6-16(12(19)15-13)8-3-4-10(14)9(7-8)11(17)18/h3-7H,1-2H3,(H,15,19)(H,17,18). The van der Waals surface area contributed by atoms with Crippen LogP contribution >= 0.6 is 23.8 Å². The molecule has 100 valence electrons. The second-order valence-electron chi connectivity index (χ2n) is 4.81. The van der Waals surface area contributed by atoms with E-state index in [4.69, 9.17) is 28.9 Å². The Morgan fingerprint density at radius 1 is 1.47 bits per heavy atom. The number of benzene rings is 1. The van der Waals surface area contributed by atoms with E-state index in [1.54, 1.807) is 17.0 Å². The smallest absolute Gasteiger partial charge is 0.337 e. The van der Waals surface area contributed by atoms with E-state index in [2.05, 4.69) is 5.32 Å². The van der Waals surface area contributed by atoms with Crippen molar-refractivity contribution in [3.05, 3.63) is 41.1 Å². The lowest BCUT2D eigenvalue weighted by Gasteiger charge is -2.34.